The van der Waals surface area contributed by atoms with Crippen LogP contribution in [0.5, 0.6) is 0 Å². The topological polar surface area (TPSA) is 58.6 Å². The Morgan fingerprint density at radius 1 is 1.36 bits per heavy atom. The molecule has 0 saturated carbocycles. The van der Waals surface area contributed by atoms with Crippen LogP contribution in [-0.2, 0) is 9.53 Å². The maximum Gasteiger partial charge on any atom is 0.337 e. The zero-order chi connectivity index (χ0) is 16.4. The van der Waals surface area contributed by atoms with E-state index in [1.807, 2.05) is 6.92 Å². The first-order chi connectivity index (χ1) is 10.4. The SMILES string of the molecule is CCN1C(=O)NC(c2c(Cl)cccc2Cl)C(C(=O)OC)=C1C. The maximum atomic E-state index is 12.2. The number of amides is 2. The highest BCUT2D eigenvalue weighted by Gasteiger charge is 2.37. The molecule has 0 fully saturated rings. The molecule has 1 N–H and O–H groups in total. The lowest BCUT2D eigenvalue weighted by molar-refractivity contribution is -0.136. The van der Waals surface area contributed by atoms with Crippen molar-refractivity contribution in [2.75, 3.05) is 13.7 Å². The monoisotopic (exact) mass is 342 g/mol. The Morgan fingerprint density at radius 2 is 1.95 bits per heavy atom. The average molecular weight is 343 g/mol. The first-order valence-corrected chi connectivity index (χ1v) is 7.49. The third-order valence-corrected chi connectivity index (χ3v) is 4.27. The van der Waals surface area contributed by atoms with Crippen molar-refractivity contribution in [1.82, 2.24) is 10.2 Å². The number of carbonyl (C=O) groups excluding carboxylic acids is 2. The van der Waals surface area contributed by atoms with Crippen LogP contribution in [0.1, 0.15) is 25.5 Å². The van der Waals surface area contributed by atoms with Crippen molar-refractivity contribution in [2.45, 2.75) is 19.9 Å². The van der Waals surface area contributed by atoms with Gasteiger partial charge in [-0.05, 0) is 26.0 Å². The molecular weight excluding hydrogens is 327 g/mol. The molecule has 1 aromatic rings. The second-order valence-corrected chi connectivity index (χ2v) is 5.57. The van der Waals surface area contributed by atoms with Crippen molar-refractivity contribution in [3.8, 4) is 0 Å². The number of hydrogen-bond donors (Lipinski definition) is 1. The van der Waals surface area contributed by atoms with Gasteiger partial charge in [0.1, 0.15) is 0 Å². The largest absolute Gasteiger partial charge is 0.466 e. The number of carbonyl (C=O) groups is 2. The molecule has 118 valence electrons. The van der Waals surface area contributed by atoms with Crippen molar-refractivity contribution in [2.24, 2.45) is 0 Å². The number of hydrogen-bond acceptors (Lipinski definition) is 3. The summed E-state index contributed by atoms with van der Waals surface area (Å²) in [6.07, 6.45) is 0. The van der Waals surface area contributed by atoms with E-state index in [9.17, 15) is 9.59 Å². The molecule has 5 nitrogen and oxygen atoms in total. The Bertz CT molecular complexity index is 638. The van der Waals surface area contributed by atoms with E-state index in [0.29, 0.717) is 33.4 Å². The average Bonchev–Trinajstić information content (AvgIpc) is 2.46. The van der Waals surface area contributed by atoms with E-state index in [2.05, 4.69) is 5.32 Å². The minimum atomic E-state index is -0.746. The molecule has 1 aliphatic rings. The van der Waals surface area contributed by atoms with Crippen LogP contribution in [0, 0.1) is 0 Å². The molecule has 22 heavy (non-hydrogen) atoms. The first-order valence-electron chi connectivity index (χ1n) is 6.73. The maximum absolute atomic E-state index is 12.2. The minimum Gasteiger partial charge on any atom is -0.466 e. The fourth-order valence-corrected chi connectivity index (χ4v) is 3.16. The van der Waals surface area contributed by atoms with E-state index in [4.69, 9.17) is 27.9 Å². The van der Waals surface area contributed by atoms with Crippen LogP contribution in [0.25, 0.3) is 0 Å². The fourth-order valence-electron chi connectivity index (χ4n) is 2.54. The normalized spacial score (nSPS) is 18.3. The van der Waals surface area contributed by atoms with Crippen LogP contribution in [0.4, 0.5) is 4.79 Å². The number of ether oxygens (including phenoxy) is 1. The lowest BCUT2D eigenvalue weighted by Crippen LogP contribution is -2.48. The van der Waals surface area contributed by atoms with E-state index < -0.39 is 12.0 Å². The number of nitrogens with one attached hydrogen (secondary N) is 1. The van der Waals surface area contributed by atoms with E-state index in [1.165, 1.54) is 12.0 Å². The van der Waals surface area contributed by atoms with Crippen LogP contribution in [0.3, 0.4) is 0 Å². The molecule has 1 aliphatic heterocycles. The summed E-state index contributed by atoms with van der Waals surface area (Å²) in [5.41, 5.74) is 1.33. The van der Waals surface area contributed by atoms with Crippen LogP contribution in [-0.4, -0.2) is 30.6 Å². The third kappa shape index (κ3) is 2.78. The highest BCUT2D eigenvalue weighted by Crippen LogP contribution is 2.38. The van der Waals surface area contributed by atoms with Gasteiger partial charge in [-0.1, -0.05) is 29.3 Å². The first kappa shape index (κ1) is 16.6. The summed E-state index contributed by atoms with van der Waals surface area (Å²) >= 11 is 12.4. The summed E-state index contributed by atoms with van der Waals surface area (Å²) in [5, 5.41) is 3.51. The van der Waals surface area contributed by atoms with Gasteiger partial charge in [-0.2, -0.15) is 0 Å². The molecule has 1 unspecified atom stereocenters. The number of allylic oxidation sites excluding steroid dienone is 1. The van der Waals surface area contributed by atoms with Gasteiger partial charge in [0, 0.05) is 27.9 Å². The van der Waals surface area contributed by atoms with Gasteiger partial charge in [0.05, 0.1) is 18.7 Å². The number of halogens is 2. The Balaban J connectivity index is 2.66. The summed E-state index contributed by atoms with van der Waals surface area (Å²) < 4.78 is 4.86. The van der Waals surface area contributed by atoms with Crippen molar-refractivity contribution < 1.29 is 14.3 Å². The summed E-state index contributed by atoms with van der Waals surface area (Å²) in [6, 6.07) is 3.96. The summed E-state index contributed by atoms with van der Waals surface area (Å²) in [6.45, 7) is 3.95. The van der Waals surface area contributed by atoms with Gasteiger partial charge in [0.15, 0.2) is 0 Å². The molecule has 2 amide bonds. The lowest BCUT2D eigenvalue weighted by Gasteiger charge is -2.35. The number of urea groups is 1. The number of esters is 1. The highest BCUT2D eigenvalue weighted by molar-refractivity contribution is 6.36. The fraction of sp³-hybridized carbons (Fsp3) is 0.333. The number of methoxy groups -OCH3 is 1. The third-order valence-electron chi connectivity index (χ3n) is 3.61. The summed E-state index contributed by atoms with van der Waals surface area (Å²) in [4.78, 5) is 25.9. The van der Waals surface area contributed by atoms with Crippen LogP contribution in [0.15, 0.2) is 29.5 Å². The molecule has 0 aromatic heterocycles. The summed E-state index contributed by atoms with van der Waals surface area (Å²) in [7, 11) is 1.29. The lowest BCUT2D eigenvalue weighted by atomic mass is 9.94. The van der Waals surface area contributed by atoms with Gasteiger partial charge in [-0.25, -0.2) is 9.59 Å². The Morgan fingerprint density at radius 3 is 2.45 bits per heavy atom. The Labute approximate surface area is 138 Å². The van der Waals surface area contributed by atoms with Gasteiger partial charge >= 0.3 is 12.0 Å². The molecule has 0 radical (unpaired) electrons. The van der Waals surface area contributed by atoms with Crippen molar-refractivity contribution in [3.63, 3.8) is 0 Å². The van der Waals surface area contributed by atoms with Crippen molar-refractivity contribution in [1.29, 1.82) is 0 Å². The van der Waals surface area contributed by atoms with E-state index in [0.717, 1.165) is 0 Å². The molecule has 2 rings (SSSR count). The zero-order valence-electron chi connectivity index (χ0n) is 12.4. The predicted octanol–water partition coefficient (Wildman–Crippen LogP) is 3.53. The van der Waals surface area contributed by atoms with Gasteiger partial charge in [-0.15, -0.1) is 0 Å². The zero-order valence-corrected chi connectivity index (χ0v) is 14.0. The molecule has 7 heteroatoms. The quantitative estimate of drug-likeness (QED) is 0.855. The highest BCUT2D eigenvalue weighted by atomic mass is 35.5. The van der Waals surface area contributed by atoms with Gasteiger partial charge in [-0.3, -0.25) is 4.90 Å². The Kier molecular flexibility index (Phi) is 4.98. The van der Waals surface area contributed by atoms with Crippen molar-refractivity contribution in [3.05, 3.63) is 45.1 Å². The molecule has 0 spiro atoms. The molecule has 1 atom stereocenters. The number of nitrogens with zero attached hydrogens (tertiary/aromatic N) is 1. The van der Waals surface area contributed by atoms with E-state index in [-0.39, 0.29) is 6.03 Å². The van der Waals surface area contributed by atoms with Gasteiger partial charge in [0.2, 0.25) is 0 Å². The summed E-state index contributed by atoms with van der Waals surface area (Å²) in [5.74, 6) is -0.531. The predicted molar refractivity (Wildman–Crippen MR) is 84.8 cm³/mol. The Hall–Kier alpha value is -1.72. The minimum absolute atomic E-state index is 0.311. The molecule has 0 saturated heterocycles. The van der Waals surface area contributed by atoms with E-state index in [1.54, 1.807) is 25.1 Å². The second-order valence-electron chi connectivity index (χ2n) is 4.75. The standard InChI is InChI=1S/C15H16Cl2N2O3/c1-4-19-8(2)11(14(20)22-3)13(18-15(19)21)12-9(16)6-5-7-10(12)17/h5-7,13H,4H2,1-3H3,(H,18,21). The molecule has 0 bridgehead atoms. The van der Waals surface area contributed by atoms with Crippen molar-refractivity contribution >= 4 is 35.2 Å². The van der Waals surface area contributed by atoms with E-state index >= 15 is 0 Å². The van der Waals surface area contributed by atoms with Crippen LogP contribution in [0.2, 0.25) is 10.0 Å². The van der Waals surface area contributed by atoms with Crippen LogP contribution >= 0.6 is 23.2 Å². The van der Waals surface area contributed by atoms with Gasteiger partial charge in [0.25, 0.3) is 0 Å². The van der Waals surface area contributed by atoms with Crippen LogP contribution < -0.4 is 5.32 Å². The number of rotatable bonds is 3. The molecule has 1 aromatic carbocycles. The molecule has 1 heterocycles. The second kappa shape index (κ2) is 6.58. The molecular formula is C15H16Cl2N2O3. The van der Waals surface area contributed by atoms with Gasteiger partial charge < -0.3 is 10.1 Å². The smallest absolute Gasteiger partial charge is 0.337 e. The number of benzene rings is 1. The molecule has 0 aliphatic carbocycles.